The average Bonchev–Trinajstić information content (AvgIpc) is 2.46. The quantitative estimate of drug-likeness (QED) is 0.324. The van der Waals surface area contributed by atoms with Crippen LogP contribution >= 0.6 is 0 Å². The van der Waals surface area contributed by atoms with E-state index in [1.165, 1.54) is 0 Å². The first-order valence-corrected chi connectivity index (χ1v) is 7.67. The molecule has 0 saturated heterocycles. The molecule has 0 spiro atoms. The fourth-order valence-corrected chi connectivity index (χ4v) is 1.81. The van der Waals surface area contributed by atoms with E-state index < -0.39 is 10.4 Å². The van der Waals surface area contributed by atoms with Crippen LogP contribution in [-0.4, -0.2) is 27.7 Å². The molecule has 2 atom stereocenters. The van der Waals surface area contributed by atoms with Gasteiger partial charge in [-0.15, -0.1) is 0 Å². The molecule has 2 rings (SSSR count). The molecular formula is C14H16N2O6PtS. The molecule has 0 aliphatic carbocycles. The molecule has 0 amide bonds. The first kappa shape index (κ1) is 22.5. The van der Waals surface area contributed by atoms with Crippen molar-refractivity contribution in [3.8, 4) is 11.5 Å². The molecule has 0 aliphatic rings. The predicted octanol–water partition coefficient (Wildman–Crippen LogP) is 0.457. The van der Waals surface area contributed by atoms with Gasteiger partial charge in [0.1, 0.15) is 11.5 Å². The van der Waals surface area contributed by atoms with Gasteiger partial charge in [0.15, 0.2) is 0 Å². The molecule has 0 fully saturated rings. The fourth-order valence-electron chi connectivity index (χ4n) is 1.81. The molecule has 2 unspecified atom stereocenters. The van der Waals surface area contributed by atoms with E-state index in [9.17, 15) is 10.2 Å². The number of benzene rings is 2. The van der Waals surface area contributed by atoms with Gasteiger partial charge in [-0.2, -0.15) is 0 Å². The molecule has 2 aromatic rings. The molecule has 0 bridgehead atoms. The minimum absolute atomic E-state index is 0. The molecule has 24 heavy (non-hydrogen) atoms. The maximum atomic E-state index is 9.22. The van der Waals surface area contributed by atoms with E-state index in [1.54, 1.807) is 48.5 Å². The van der Waals surface area contributed by atoms with Crippen LogP contribution < -0.4 is 11.5 Å². The Labute approximate surface area is 154 Å². The maximum Gasteiger partial charge on any atom is 2.00 e. The van der Waals surface area contributed by atoms with Crippen molar-refractivity contribution in [1.29, 1.82) is 0 Å². The van der Waals surface area contributed by atoms with Crippen molar-refractivity contribution in [2.75, 3.05) is 0 Å². The number of phenolic OH excluding ortho intramolecular Hbond substituents is 2. The van der Waals surface area contributed by atoms with Gasteiger partial charge in [0.25, 0.3) is 0 Å². The van der Waals surface area contributed by atoms with E-state index in [0.717, 1.165) is 11.1 Å². The van der Waals surface area contributed by atoms with Crippen LogP contribution in [0.2, 0.25) is 0 Å². The summed E-state index contributed by atoms with van der Waals surface area (Å²) >= 11 is 0. The number of aromatic hydroxyl groups is 2. The second-order valence-corrected chi connectivity index (χ2v) is 5.46. The Morgan fingerprint density at radius 1 is 0.750 bits per heavy atom. The number of hydrogen-bond acceptors (Lipinski definition) is 8. The first-order valence-electron chi connectivity index (χ1n) is 6.33. The van der Waals surface area contributed by atoms with Crippen molar-refractivity contribution in [2.45, 2.75) is 12.1 Å². The van der Waals surface area contributed by atoms with Crippen LogP contribution in [0.3, 0.4) is 0 Å². The second kappa shape index (κ2) is 9.73. The van der Waals surface area contributed by atoms with Crippen molar-refractivity contribution in [1.82, 2.24) is 0 Å². The van der Waals surface area contributed by atoms with Gasteiger partial charge in [0.2, 0.25) is 0 Å². The molecule has 0 aliphatic heterocycles. The summed E-state index contributed by atoms with van der Waals surface area (Å²) in [4.78, 5) is 0. The topological polar surface area (TPSA) is 173 Å². The monoisotopic (exact) mass is 535 g/mol. The summed E-state index contributed by atoms with van der Waals surface area (Å²) in [6.07, 6.45) is 0. The zero-order valence-electron chi connectivity index (χ0n) is 12.2. The minimum atomic E-state index is -5.17. The van der Waals surface area contributed by atoms with E-state index in [2.05, 4.69) is 0 Å². The Kier molecular flexibility index (Phi) is 9.13. The van der Waals surface area contributed by atoms with Crippen molar-refractivity contribution in [2.24, 2.45) is 11.5 Å². The summed E-state index contributed by atoms with van der Waals surface area (Å²) in [5.74, 6) is 0.397. The van der Waals surface area contributed by atoms with E-state index in [1.807, 2.05) is 0 Å². The molecule has 134 valence electrons. The average molecular weight is 535 g/mol. The molecule has 8 nitrogen and oxygen atoms in total. The zero-order valence-corrected chi connectivity index (χ0v) is 15.3. The van der Waals surface area contributed by atoms with Gasteiger partial charge in [-0.05, 0) is 35.4 Å². The van der Waals surface area contributed by atoms with E-state index in [0.29, 0.717) is 0 Å². The summed E-state index contributed by atoms with van der Waals surface area (Å²) in [6, 6.07) is 12.6. The third-order valence-corrected chi connectivity index (χ3v) is 2.94. The summed E-state index contributed by atoms with van der Waals surface area (Å²) < 4.78 is 34.1. The number of phenols is 2. The third kappa shape index (κ3) is 8.39. The SMILES string of the molecule is NC(c1ccc(O)cc1)C(N)c1ccc(O)cc1.O=S(=O)([O-])[O-].[Pt+2]. The zero-order chi connectivity index (χ0) is 17.6. The number of hydrogen-bond donors (Lipinski definition) is 4. The van der Waals surface area contributed by atoms with E-state index >= 15 is 0 Å². The van der Waals surface area contributed by atoms with Crippen LogP contribution in [0.5, 0.6) is 11.5 Å². The summed E-state index contributed by atoms with van der Waals surface area (Å²) in [5.41, 5.74) is 13.9. The normalized spacial score (nSPS) is 13.0. The van der Waals surface area contributed by atoms with E-state index in [-0.39, 0.29) is 44.6 Å². The van der Waals surface area contributed by atoms with Crippen molar-refractivity contribution in [3.05, 3.63) is 59.7 Å². The second-order valence-electron chi connectivity index (χ2n) is 4.64. The van der Waals surface area contributed by atoms with Gasteiger partial charge in [-0.25, -0.2) is 0 Å². The van der Waals surface area contributed by atoms with Gasteiger partial charge in [-0.3, -0.25) is 8.42 Å². The van der Waals surface area contributed by atoms with Crippen LogP contribution in [0.4, 0.5) is 0 Å². The van der Waals surface area contributed by atoms with Gasteiger partial charge in [0.05, 0.1) is 0 Å². The molecule has 0 aromatic heterocycles. The summed E-state index contributed by atoms with van der Waals surface area (Å²) in [7, 11) is -5.17. The standard InChI is InChI=1S/C14H16N2O2.H2O4S.Pt/c15-13(9-1-5-11(17)6-2-9)14(16)10-3-7-12(18)8-4-10;1-5(2,3)4;/h1-8,13-14,17-18H,15-16H2;(H2,1,2,3,4);/q;;+2/p-2. The largest absolute Gasteiger partial charge is 2.00 e. The van der Waals surface area contributed by atoms with Gasteiger partial charge in [0, 0.05) is 22.5 Å². The summed E-state index contributed by atoms with van der Waals surface area (Å²) in [5, 5.41) is 18.4. The van der Waals surface area contributed by atoms with Gasteiger partial charge < -0.3 is 30.8 Å². The Morgan fingerprint density at radius 2 is 0.958 bits per heavy atom. The van der Waals surface area contributed by atoms with Crippen LogP contribution in [-0.2, 0) is 31.5 Å². The van der Waals surface area contributed by atoms with Crippen molar-refractivity contribution < 1.29 is 48.8 Å². The Morgan fingerprint density at radius 3 is 1.17 bits per heavy atom. The minimum Gasteiger partial charge on any atom is -0.759 e. The van der Waals surface area contributed by atoms with Crippen LogP contribution in [0.15, 0.2) is 48.5 Å². The van der Waals surface area contributed by atoms with Crippen molar-refractivity contribution >= 4 is 10.4 Å². The van der Waals surface area contributed by atoms with Crippen LogP contribution in [0, 0.1) is 0 Å². The molecule has 0 heterocycles. The van der Waals surface area contributed by atoms with E-state index in [4.69, 9.17) is 29.0 Å². The fraction of sp³-hybridized carbons (Fsp3) is 0.143. The van der Waals surface area contributed by atoms with Gasteiger partial charge >= 0.3 is 21.1 Å². The molecule has 10 heteroatoms. The molecule has 0 saturated carbocycles. The molecular weight excluding hydrogens is 519 g/mol. The van der Waals surface area contributed by atoms with Crippen LogP contribution in [0.25, 0.3) is 0 Å². The van der Waals surface area contributed by atoms with Crippen LogP contribution in [0.1, 0.15) is 23.2 Å². The summed E-state index contributed by atoms with van der Waals surface area (Å²) in [6.45, 7) is 0. The Balaban J connectivity index is 0.000000777. The Bertz CT molecular complexity index is 664. The smallest absolute Gasteiger partial charge is 0.759 e. The first-order chi connectivity index (χ1) is 10.6. The Hall–Kier alpha value is -1.48. The third-order valence-electron chi connectivity index (χ3n) is 2.94. The molecule has 6 N–H and O–H groups in total. The molecule has 0 radical (unpaired) electrons. The van der Waals surface area contributed by atoms with Gasteiger partial charge in [-0.1, -0.05) is 24.3 Å². The maximum absolute atomic E-state index is 9.22. The van der Waals surface area contributed by atoms with Crippen molar-refractivity contribution in [3.63, 3.8) is 0 Å². The predicted molar refractivity (Wildman–Crippen MR) is 80.5 cm³/mol. The molecule has 2 aromatic carbocycles. The number of rotatable bonds is 3. The number of nitrogens with two attached hydrogens (primary N) is 2.